The number of aryl methyl sites for hydroxylation is 3. The van der Waals surface area contributed by atoms with Gasteiger partial charge in [0.25, 0.3) is 0 Å². The van der Waals surface area contributed by atoms with Crippen LogP contribution in [0, 0.1) is 6.92 Å². The van der Waals surface area contributed by atoms with E-state index in [1.54, 1.807) is 7.11 Å². The summed E-state index contributed by atoms with van der Waals surface area (Å²) in [5.74, 6) is 1.95. The Morgan fingerprint density at radius 2 is 2.18 bits per heavy atom. The summed E-state index contributed by atoms with van der Waals surface area (Å²) < 4.78 is 7.41. The summed E-state index contributed by atoms with van der Waals surface area (Å²) in [5, 5.41) is 0. The van der Waals surface area contributed by atoms with Gasteiger partial charge in [-0.2, -0.15) is 0 Å². The van der Waals surface area contributed by atoms with Crippen molar-refractivity contribution in [3.8, 4) is 5.75 Å². The third kappa shape index (κ3) is 2.43. The standard InChI is InChI=1S/C18H22N2O2/c1-4-14-17(20-10-6-5-7-16(20)19-14)18(21)13-8-9-15(22-3)12(2)11-13/h8-9,11H,4-7,10H2,1-3H3. The van der Waals surface area contributed by atoms with Crippen molar-refractivity contribution in [2.75, 3.05) is 7.11 Å². The summed E-state index contributed by atoms with van der Waals surface area (Å²) in [6.07, 6.45) is 4.04. The first-order valence-corrected chi connectivity index (χ1v) is 7.93. The molecule has 1 aliphatic heterocycles. The number of nitrogens with zero attached hydrogens (tertiary/aromatic N) is 2. The van der Waals surface area contributed by atoms with Gasteiger partial charge in [-0.15, -0.1) is 0 Å². The van der Waals surface area contributed by atoms with Crippen LogP contribution in [0.25, 0.3) is 0 Å². The minimum absolute atomic E-state index is 0.0725. The van der Waals surface area contributed by atoms with Crippen molar-refractivity contribution in [1.29, 1.82) is 0 Å². The van der Waals surface area contributed by atoms with Crippen molar-refractivity contribution in [2.45, 2.75) is 46.1 Å². The Labute approximate surface area is 131 Å². The third-order valence-corrected chi connectivity index (χ3v) is 4.36. The van der Waals surface area contributed by atoms with E-state index in [1.165, 1.54) is 0 Å². The fourth-order valence-electron chi connectivity index (χ4n) is 3.20. The van der Waals surface area contributed by atoms with Crippen molar-refractivity contribution >= 4 is 5.78 Å². The molecule has 4 heteroatoms. The monoisotopic (exact) mass is 298 g/mol. The van der Waals surface area contributed by atoms with Gasteiger partial charge >= 0.3 is 0 Å². The smallest absolute Gasteiger partial charge is 0.211 e. The molecule has 0 saturated heterocycles. The van der Waals surface area contributed by atoms with E-state index < -0.39 is 0 Å². The van der Waals surface area contributed by atoms with E-state index in [0.29, 0.717) is 5.56 Å². The van der Waals surface area contributed by atoms with Crippen molar-refractivity contribution < 1.29 is 9.53 Å². The SMILES string of the molecule is CCc1nc2n(c1C(=O)c1ccc(OC)c(C)c1)CCCC2. The molecule has 0 spiro atoms. The maximum absolute atomic E-state index is 13.0. The summed E-state index contributed by atoms with van der Waals surface area (Å²) >= 11 is 0. The highest BCUT2D eigenvalue weighted by Gasteiger charge is 2.24. The Kier molecular flexibility index (Phi) is 4.01. The topological polar surface area (TPSA) is 44.1 Å². The number of rotatable bonds is 4. The number of carbonyl (C=O) groups excluding carboxylic acids is 1. The van der Waals surface area contributed by atoms with E-state index in [9.17, 15) is 4.79 Å². The Balaban J connectivity index is 2.05. The first-order valence-electron chi connectivity index (χ1n) is 7.93. The fraction of sp³-hybridized carbons (Fsp3) is 0.444. The maximum atomic E-state index is 13.0. The summed E-state index contributed by atoms with van der Waals surface area (Å²) in [7, 11) is 1.65. The van der Waals surface area contributed by atoms with Crippen LogP contribution in [0.4, 0.5) is 0 Å². The van der Waals surface area contributed by atoms with E-state index >= 15 is 0 Å². The molecule has 2 aromatic rings. The molecule has 1 aromatic heterocycles. The zero-order chi connectivity index (χ0) is 15.7. The quantitative estimate of drug-likeness (QED) is 0.813. The van der Waals surface area contributed by atoms with Gasteiger partial charge in [0, 0.05) is 18.5 Å². The van der Waals surface area contributed by atoms with Gasteiger partial charge < -0.3 is 9.30 Å². The van der Waals surface area contributed by atoms with E-state index in [0.717, 1.165) is 60.8 Å². The van der Waals surface area contributed by atoms with Crippen LogP contribution < -0.4 is 4.74 Å². The molecule has 0 saturated carbocycles. The van der Waals surface area contributed by atoms with Crippen molar-refractivity contribution in [3.05, 3.63) is 46.5 Å². The maximum Gasteiger partial charge on any atom is 0.211 e. The molecule has 1 aliphatic rings. The lowest BCUT2D eigenvalue weighted by atomic mass is 10.0. The van der Waals surface area contributed by atoms with Gasteiger partial charge in [-0.3, -0.25) is 4.79 Å². The van der Waals surface area contributed by atoms with E-state index in [-0.39, 0.29) is 5.78 Å². The number of hydrogen-bond donors (Lipinski definition) is 0. The second kappa shape index (κ2) is 5.95. The van der Waals surface area contributed by atoms with Gasteiger partial charge in [-0.05, 0) is 49.9 Å². The number of ketones is 1. The molecule has 0 fully saturated rings. The second-order valence-electron chi connectivity index (χ2n) is 5.80. The number of carbonyl (C=O) groups is 1. The summed E-state index contributed by atoms with van der Waals surface area (Å²) in [6, 6.07) is 5.61. The number of imidazole rings is 1. The molecule has 0 amide bonds. The Morgan fingerprint density at radius 3 is 2.86 bits per heavy atom. The number of fused-ring (bicyclic) bond motifs is 1. The van der Waals surface area contributed by atoms with Crippen LogP contribution in [0.5, 0.6) is 5.75 Å². The molecular weight excluding hydrogens is 276 g/mol. The number of benzene rings is 1. The number of methoxy groups -OCH3 is 1. The Bertz CT molecular complexity index is 716. The first-order chi connectivity index (χ1) is 10.7. The molecule has 1 aromatic carbocycles. The molecular formula is C18H22N2O2. The highest BCUT2D eigenvalue weighted by atomic mass is 16.5. The van der Waals surface area contributed by atoms with Crippen LogP contribution in [0.3, 0.4) is 0 Å². The van der Waals surface area contributed by atoms with E-state index in [1.807, 2.05) is 25.1 Å². The lowest BCUT2D eigenvalue weighted by Crippen LogP contribution is -2.17. The summed E-state index contributed by atoms with van der Waals surface area (Å²) in [4.78, 5) is 17.7. The van der Waals surface area contributed by atoms with Crippen molar-refractivity contribution in [1.82, 2.24) is 9.55 Å². The van der Waals surface area contributed by atoms with E-state index in [2.05, 4.69) is 16.5 Å². The highest BCUT2D eigenvalue weighted by Crippen LogP contribution is 2.25. The molecule has 2 heterocycles. The van der Waals surface area contributed by atoms with Gasteiger partial charge in [0.2, 0.25) is 5.78 Å². The zero-order valence-corrected chi connectivity index (χ0v) is 13.5. The zero-order valence-electron chi connectivity index (χ0n) is 13.5. The molecule has 0 bridgehead atoms. The predicted molar refractivity (Wildman–Crippen MR) is 85.7 cm³/mol. The van der Waals surface area contributed by atoms with Gasteiger partial charge in [-0.1, -0.05) is 6.92 Å². The first kappa shape index (κ1) is 14.8. The molecule has 116 valence electrons. The normalized spacial score (nSPS) is 13.8. The van der Waals surface area contributed by atoms with Crippen LogP contribution in [0.15, 0.2) is 18.2 Å². The lowest BCUT2D eigenvalue weighted by molar-refractivity contribution is 0.102. The molecule has 4 nitrogen and oxygen atoms in total. The van der Waals surface area contributed by atoms with E-state index in [4.69, 9.17) is 4.74 Å². The molecule has 22 heavy (non-hydrogen) atoms. The van der Waals surface area contributed by atoms with Crippen LogP contribution in [0.1, 0.15) is 52.9 Å². The molecule has 0 radical (unpaired) electrons. The third-order valence-electron chi connectivity index (χ3n) is 4.36. The summed E-state index contributed by atoms with van der Waals surface area (Å²) in [6.45, 7) is 4.92. The van der Waals surface area contributed by atoms with Crippen LogP contribution in [-0.2, 0) is 19.4 Å². The minimum Gasteiger partial charge on any atom is -0.496 e. The average Bonchev–Trinajstić information content (AvgIpc) is 2.92. The number of aromatic nitrogens is 2. The fourth-order valence-corrected chi connectivity index (χ4v) is 3.20. The van der Waals surface area contributed by atoms with Crippen LogP contribution in [0.2, 0.25) is 0 Å². The highest BCUT2D eigenvalue weighted by molar-refractivity contribution is 6.09. The second-order valence-corrected chi connectivity index (χ2v) is 5.80. The Morgan fingerprint density at radius 1 is 1.36 bits per heavy atom. The van der Waals surface area contributed by atoms with Crippen molar-refractivity contribution in [3.63, 3.8) is 0 Å². The molecule has 3 rings (SSSR count). The van der Waals surface area contributed by atoms with Crippen LogP contribution >= 0.6 is 0 Å². The Hall–Kier alpha value is -2.10. The van der Waals surface area contributed by atoms with Gasteiger partial charge in [0.15, 0.2) is 0 Å². The average molecular weight is 298 g/mol. The number of hydrogen-bond acceptors (Lipinski definition) is 3. The minimum atomic E-state index is 0.0725. The predicted octanol–water partition coefficient (Wildman–Crippen LogP) is 3.33. The van der Waals surface area contributed by atoms with Gasteiger partial charge in [-0.25, -0.2) is 4.98 Å². The number of ether oxygens (including phenoxy) is 1. The van der Waals surface area contributed by atoms with Gasteiger partial charge in [0.1, 0.15) is 17.3 Å². The largest absolute Gasteiger partial charge is 0.496 e. The van der Waals surface area contributed by atoms with Crippen LogP contribution in [-0.4, -0.2) is 22.4 Å². The molecule has 0 aliphatic carbocycles. The van der Waals surface area contributed by atoms with Gasteiger partial charge in [0.05, 0.1) is 12.8 Å². The lowest BCUT2D eigenvalue weighted by Gasteiger charge is -2.16. The molecule has 0 unspecified atom stereocenters. The summed E-state index contributed by atoms with van der Waals surface area (Å²) in [5.41, 5.74) is 3.39. The van der Waals surface area contributed by atoms with Crippen molar-refractivity contribution in [2.24, 2.45) is 0 Å². The molecule has 0 N–H and O–H groups in total. The molecule has 0 atom stereocenters.